The molecule has 2 aromatic heterocycles. The first-order chi connectivity index (χ1) is 9.99. The molecule has 2 rings (SSSR count). The zero-order chi connectivity index (χ0) is 15.4. The third kappa shape index (κ3) is 3.51. The maximum Gasteiger partial charge on any atom is 0.355 e. The van der Waals surface area contributed by atoms with Gasteiger partial charge in [0.2, 0.25) is 5.82 Å². The summed E-state index contributed by atoms with van der Waals surface area (Å²) in [6.45, 7) is 2.02. The highest BCUT2D eigenvalue weighted by atomic mass is 32.1. The van der Waals surface area contributed by atoms with Gasteiger partial charge in [-0.15, -0.1) is 11.3 Å². The molecule has 0 bridgehead atoms. The molecule has 0 atom stereocenters. The van der Waals surface area contributed by atoms with Crippen molar-refractivity contribution >= 4 is 28.8 Å². The van der Waals surface area contributed by atoms with Crippen molar-refractivity contribution in [2.75, 3.05) is 11.9 Å². The number of aromatic carboxylic acids is 1. The largest absolute Gasteiger partial charge is 0.476 e. The van der Waals surface area contributed by atoms with E-state index in [2.05, 4.69) is 15.3 Å². The number of carbonyl (C=O) groups is 1. The first kappa shape index (κ1) is 14.9. The molecule has 0 aliphatic rings. The van der Waals surface area contributed by atoms with Crippen molar-refractivity contribution in [2.45, 2.75) is 13.3 Å². The maximum absolute atomic E-state index is 11.0. The summed E-state index contributed by atoms with van der Waals surface area (Å²) in [6, 6.07) is 1.57. The Bertz CT molecular complexity index is 686. The van der Waals surface area contributed by atoms with Crippen molar-refractivity contribution in [1.82, 2.24) is 9.97 Å². The lowest BCUT2D eigenvalue weighted by molar-refractivity contribution is -0.384. The summed E-state index contributed by atoms with van der Waals surface area (Å²) < 4.78 is 0. The second-order valence-electron chi connectivity index (χ2n) is 4.19. The van der Waals surface area contributed by atoms with Gasteiger partial charge in [0.15, 0.2) is 5.69 Å². The molecule has 2 N–H and O–H groups in total. The fraction of sp³-hybridized carbons (Fsp3) is 0.250. The molecular weight excluding hydrogens is 296 g/mol. The Balaban J connectivity index is 2.02. The molecule has 0 aliphatic carbocycles. The molecule has 8 nitrogen and oxygen atoms in total. The number of thiazole rings is 1. The Morgan fingerprint density at radius 1 is 1.57 bits per heavy atom. The summed E-state index contributed by atoms with van der Waals surface area (Å²) >= 11 is 1.24. The van der Waals surface area contributed by atoms with E-state index in [1.54, 1.807) is 13.0 Å². The molecule has 9 heteroatoms. The zero-order valence-corrected chi connectivity index (χ0v) is 11.9. The van der Waals surface area contributed by atoms with Gasteiger partial charge in [0, 0.05) is 30.1 Å². The van der Waals surface area contributed by atoms with E-state index in [1.165, 1.54) is 22.9 Å². The van der Waals surface area contributed by atoms with Crippen LogP contribution in [0.3, 0.4) is 0 Å². The summed E-state index contributed by atoms with van der Waals surface area (Å²) in [4.78, 5) is 29.1. The van der Waals surface area contributed by atoms with Crippen LogP contribution in [0.1, 0.15) is 21.1 Å². The number of pyridine rings is 1. The van der Waals surface area contributed by atoms with Gasteiger partial charge in [0.05, 0.1) is 9.93 Å². The molecule has 21 heavy (non-hydrogen) atoms. The van der Waals surface area contributed by atoms with Gasteiger partial charge in [0.25, 0.3) is 0 Å². The van der Waals surface area contributed by atoms with E-state index < -0.39 is 10.9 Å². The van der Waals surface area contributed by atoms with Gasteiger partial charge in [-0.25, -0.2) is 14.8 Å². The monoisotopic (exact) mass is 308 g/mol. The topological polar surface area (TPSA) is 118 Å². The smallest absolute Gasteiger partial charge is 0.355 e. The Morgan fingerprint density at radius 2 is 2.33 bits per heavy atom. The molecule has 0 aliphatic heterocycles. The second kappa shape index (κ2) is 6.27. The number of aryl methyl sites for hydroxylation is 1. The van der Waals surface area contributed by atoms with Crippen molar-refractivity contribution in [1.29, 1.82) is 0 Å². The molecule has 2 heterocycles. The maximum atomic E-state index is 11.0. The highest BCUT2D eigenvalue weighted by Gasteiger charge is 2.18. The average Bonchev–Trinajstić information content (AvgIpc) is 2.87. The van der Waals surface area contributed by atoms with Gasteiger partial charge in [-0.1, -0.05) is 0 Å². The molecule has 0 radical (unpaired) electrons. The van der Waals surface area contributed by atoms with Gasteiger partial charge < -0.3 is 10.4 Å². The van der Waals surface area contributed by atoms with Crippen molar-refractivity contribution in [2.24, 2.45) is 0 Å². The van der Waals surface area contributed by atoms with Gasteiger partial charge in [0.1, 0.15) is 0 Å². The summed E-state index contributed by atoms with van der Waals surface area (Å²) in [5.41, 5.74) is 0.484. The number of rotatable bonds is 6. The van der Waals surface area contributed by atoms with Crippen LogP contribution in [0.4, 0.5) is 11.5 Å². The summed E-state index contributed by atoms with van der Waals surface area (Å²) in [5, 5.41) is 24.8. The van der Waals surface area contributed by atoms with Crippen LogP contribution in [0.2, 0.25) is 0 Å². The predicted octanol–water partition coefficient (Wildman–Crippen LogP) is 2.11. The Labute approximate surface area is 123 Å². The van der Waals surface area contributed by atoms with E-state index in [4.69, 9.17) is 5.11 Å². The van der Waals surface area contributed by atoms with Crippen LogP contribution in [0, 0.1) is 17.0 Å². The van der Waals surface area contributed by atoms with Crippen LogP contribution in [0.5, 0.6) is 0 Å². The van der Waals surface area contributed by atoms with E-state index in [1.807, 2.05) is 0 Å². The second-order valence-corrected chi connectivity index (χ2v) is 5.13. The quantitative estimate of drug-likeness (QED) is 0.619. The number of nitrogens with one attached hydrogen (secondary N) is 1. The fourth-order valence-electron chi connectivity index (χ4n) is 1.72. The Kier molecular flexibility index (Phi) is 4.43. The minimum atomic E-state index is -1.07. The van der Waals surface area contributed by atoms with Crippen LogP contribution in [0.15, 0.2) is 17.6 Å². The number of aromatic nitrogens is 2. The number of hydrogen-bond acceptors (Lipinski definition) is 7. The lowest BCUT2D eigenvalue weighted by Crippen LogP contribution is -2.09. The molecule has 110 valence electrons. The summed E-state index contributed by atoms with van der Waals surface area (Å²) in [5.74, 6) is -0.864. The van der Waals surface area contributed by atoms with E-state index in [0.29, 0.717) is 23.5 Å². The van der Waals surface area contributed by atoms with Crippen molar-refractivity contribution in [3.63, 3.8) is 0 Å². The SMILES string of the molecule is Cc1ccnc(NCCc2nc(C(=O)O)cs2)c1[N+](=O)[O-]. The first-order valence-electron chi connectivity index (χ1n) is 6.00. The summed E-state index contributed by atoms with van der Waals surface area (Å²) in [6.07, 6.45) is 1.96. The molecule has 0 amide bonds. The molecule has 2 aromatic rings. The van der Waals surface area contributed by atoms with E-state index in [9.17, 15) is 14.9 Å². The van der Waals surface area contributed by atoms with Gasteiger partial charge in [-0.05, 0) is 13.0 Å². The van der Waals surface area contributed by atoms with Gasteiger partial charge >= 0.3 is 11.7 Å². The molecular formula is C12H12N4O4S. The Morgan fingerprint density at radius 3 is 2.95 bits per heavy atom. The molecule has 0 saturated heterocycles. The standard InChI is InChI=1S/C12H12N4O4S/c1-7-2-4-13-11(10(7)16(19)20)14-5-3-9-15-8(6-21-9)12(17)18/h2,4,6H,3,5H2,1H3,(H,13,14)(H,17,18). The van der Waals surface area contributed by atoms with E-state index in [0.717, 1.165) is 0 Å². The van der Waals surface area contributed by atoms with E-state index in [-0.39, 0.29) is 17.2 Å². The van der Waals surface area contributed by atoms with Crippen molar-refractivity contribution in [3.8, 4) is 0 Å². The predicted molar refractivity (Wildman–Crippen MR) is 76.9 cm³/mol. The molecule has 0 saturated carbocycles. The molecule has 0 unspecified atom stereocenters. The zero-order valence-electron chi connectivity index (χ0n) is 11.1. The third-order valence-electron chi connectivity index (χ3n) is 2.71. The number of nitrogens with zero attached hydrogens (tertiary/aromatic N) is 3. The van der Waals surface area contributed by atoms with Crippen LogP contribution < -0.4 is 5.32 Å². The lowest BCUT2D eigenvalue weighted by Gasteiger charge is -2.06. The fourth-order valence-corrected chi connectivity index (χ4v) is 2.49. The Hall–Kier alpha value is -2.55. The van der Waals surface area contributed by atoms with Gasteiger partial charge in [-0.2, -0.15) is 0 Å². The first-order valence-corrected chi connectivity index (χ1v) is 6.88. The normalized spacial score (nSPS) is 10.3. The third-order valence-corrected chi connectivity index (χ3v) is 3.62. The number of anilines is 1. The van der Waals surface area contributed by atoms with Crippen LogP contribution in [-0.4, -0.2) is 32.5 Å². The average molecular weight is 308 g/mol. The molecule has 0 aromatic carbocycles. The number of nitro groups is 1. The number of hydrogen-bond donors (Lipinski definition) is 2. The van der Waals surface area contributed by atoms with E-state index >= 15 is 0 Å². The number of carboxylic acids is 1. The molecule has 0 spiro atoms. The number of carboxylic acid groups (broad SMARTS) is 1. The highest BCUT2D eigenvalue weighted by Crippen LogP contribution is 2.25. The van der Waals surface area contributed by atoms with Gasteiger partial charge in [-0.3, -0.25) is 10.1 Å². The van der Waals surface area contributed by atoms with Crippen LogP contribution in [-0.2, 0) is 6.42 Å². The van der Waals surface area contributed by atoms with Crippen LogP contribution in [0.25, 0.3) is 0 Å². The minimum absolute atomic E-state index is 0.00895. The molecule has 0 fully saturated rings. The van der Waals surface area contributed by atoms with Crippen LogP contribution >= 0.6 is 11.3 Å². The lowest BCUT2D eigenvalue weighted by atomic mass is 10.2. The van der Waals surface area contributed by atoms with Crippen molar-refractivity contribution < 1.29 is 14.8 Å². The minimum Gasteiger partial charge on any atom is -0.476 e. The highest BCUT2D eigenvalue weighted by molar-refractivity contribution is 7.09. The summed E-state index contributed by atoms with van der Waals surface area (Å²) in [7, 11) is 0. The van der Waals surface area contributed by atoms with Crippen molar-refractivity contribution in [3.05, 3.63) is 44.0 Å².